The number of hydrogen-bond acceptors (Lipinski definition) is 5. The third-order valence-corrected chi connectivity index (χ3v) is 6.20. The van der Waals surface area contributed by atoms with Crippen LogP contribution in [-0.4, -0.2) is 47.6 Å². The van der Waals surface area contributed by atoms with E-state index in [9.17, 15) is 14.4 Å². The molecule has 0 unspecified atom stereocenters. The molecule has 1 aliphatic rings. The highest BCUT2D eigenvalue weighted by Crippen LogP contribution is 2.29. The van der Waals surface area contributed by atoms with Crippen molar-refractivity contribution in [3.63, 3.8) is 0 Å². The Labute approximate surface area is 230 Å². The first kappa shape index (κ1) is 34.9. The number of carbonyl (C=O) groups is 3. The minimum atomic E-state index is -0.407. The van der Waals surface area contributed by atoms with Crippen LogP contribution in [0.4, 0.5) is 0 Å². The van der Waals surface area contributed by atoms with Crippen molar-refractivity contribution in [1.29, 1.82) is 0 Å². The summed E-state index contributed by atoms with van der Waals surface area (Å²) in [7, 11) is 1.00. The molecule has 2 aromatic rings. The highest BCUT2D eigenvalue weighted by Gasteiger charge is 2.26. The average Bonchev–Trinajstić information content (AvgIpc) is 2.90. The number of benzene rings is 2. The van der Waals surface area contributed by atoms with Crippen molar-refractivity contribution in [2.45, 2.75) is 74.8 Å². The van der Waals surface area contributed by atoms with Crippen LogP contribution >= 0.6 is 0 Å². The summed E-state index contributed by atoms with van der Waals surface area (Å²) in [5.41, 5.74) is 4.44. The Kier molecular flexibility index (Phi) is 16.8. The molecule has 0 aromatic heterocycles. The lowest BCUT2D eigenvalue weighted by molar-refractivity contribution is -0.129. The third kappa shape index (κ3) is 13.5. The molecule has 0 amide bonds. The van der Waals surface area contributed by atoms with E-state index in [1.165, 1.54) is 45.3 Å². The molecule has 1 saturated heterocycles. The monoisotopic (exact) mass is 521 g/mol. The van der Waals surface area contributed by atoms with Gasteiger partial charge in [0.2, 0.25) is 0 Å². The standard InChI is InChI=1S/C24H27NO.C6H10O2.C2H6.CH4O/c1-19(26)23-13-11-21(12-14-23)6-5-20-7-9-22(10-8-20)17-25-16-4-15-24(2,3)18-25;1-4(5(2)7)6(3)8;2*1-2/h7-14H,4,15-18H2,1-3H3;4H,1-3H3;1-2H3;2H,1H3. The number of aliphatic hydroxyl groups excluding tert-OH is 1. The third-order valence-electron chi connectivity index (χ3n) is 6.20. The van der Waals surface area contributed by atoms with Crippen molar-refractivity contribution in [2.75, 3.05) is 20.2 Å². The number of rotatable bonds is 5. The lowest BCUT2D eigenvalue weighted by atomic mass is 9.84. The van der Waals surface area contributed by atoms with Gasteiger partial charge in [-0.2, -0.15) is 0 Å². The summed E-state index contributed by atoms with van der Waals surface area (Å²) < 4.78 is 0. The number of hydrogen-bond donors (Lipinski definition) is 1. The van der Waals surface area contributed by atoms with Gasteiger partial charge in [-0.25, -0.2) is 0 Å². The Balaban J connectivity index is 0.000000970. The predicted molar refractivity (Wildman–Crippen MR) is 157 cm³/mol. The van der Waals surface area contributed by atoms with Crippen LogP contribution in [0.3, 0.4) is 0 Å². The highest BCUT2D eigenvalue weighted by atomic mass is 16.2. The van der Waals surface area contributed by atoms with E-state index < -0.39 is 5.92 Å². The molecule has 5 heteroatoms. The molecule has 0 atom stereocenters. The van der Waals surface area contributed by atoms with Crippen molar-refractivity contribution in [1.82, 2.24) is 4.90 Å². The number of aliphatic hydroxyl groups is 1. The first-order valence-electron chi connectivity index (χ1n) is 13.4. The minimum Gasteiger partial charge on any atom is -0.400 e. The molecule has 0 saturated carbocycles. The van der Waals surface area contributed by atoms with Crippen LogP contribution in [0.1, 0.15) is 95.3 Å². The summed E-state index contributed by atoms with van der Waals surface area (Å²) in [6.07, 6.45) is 2.62. The normalized spacial score (nSPS) is 13.7. The van der Waals surface area contributed by atoms with Crippen molar-refractivity contribution in [2.24, 2.45) is 11.3 Å². The second-order valence-corrected chi connectivity index (χ2v) is 10.0. The summed E-state index contributed by atoms with van der Waals surface area (Å²) in [5.74, 6) is 5.93. The van der Waals surface area contributed by atoms with E-state index in [0.29, 0.717) is 5.41 Å². The van der Waals surface area contributed by atoms with Crippen LogP contribution in [0.2, 0.25) is 0 Å². The molecule has 3 rings (SSSR count). The second kappa shape index (κ2) is 18.2. The smallest absolute Gasteiger partial charge is 0.159 e. The fourth-order valence-electron chi connectivity index (χ4n) is 3.85. The molecule has 0 spiro atoms. The summed E-state index contributed by atoms with van der Waals surface area (Å²) in [6, 6.07) is 16.0. The topological polar surface area (TPSA) is 74.7 Å². The van der Waals surface area contributed by atoms with Gasteiger partial charge < -0.3 is 5.11 Å². The van der Waals surface area contributed by atoms with E-state index in [1.54, 1.807) is 13.8 Å². The van der Waals surface area contributed by atoms with Crippen molar-refractivity contribution >= 4 is 17.3 Å². The molecule has 0 bridgehead atoms. The van der Waals surface area contributed by atoms with Gasteiger partial charge in [0.1, 0.15) is 11.6 Å². The van der Waals surface area contributed by atoms with Crippen LogP contribution in [0.15, 0.2) is 48.5 Å². The second-order valence-electron chi connectivity index (χ2n) is 10.0. The number of ketones is 3. The lowest BCUT2D eigenvalue weighted by Crippen LogP contribution is -2.39. The number of piperidine rings is 1. The Morgan fingerprint density at radius 1 is 0.868 bits per heavy atom. The molecule has 2 aromatic carbocycles. The van der Waals surface area contributed by atoms with E-state index in [4.69, 9.17) is 5.11 Å². The maximum absolute atomic E-state index is 11.3. The average molecular weight is 522 g/mol. The molecule has 1 fully saturated rings. The Morgan fingerprint density at radius 2 is 1.32 bits per heavy atom. The number of carbonyl (C=O) groups excluding carboxylic acids is 3. The van der Waals surface area contributed by atoms with E-state index in [1.807, 2.05) is 38.1 Å². The summed E-state index contributed by atoms with van der Waals surface area (Å²) in [6.45, 7) is 18.1. The Bertz CT molecular complexity index is 1040. The number of nitrogens with zero attached hydrogens (tertiary/aromatic N) is 1. The van der Waals surface area contributed by atoms with E-state index in [0.717, 1.165) is 30.3 Å². The van der Waals surface area contributed by atoms with Gasteiger partial charge in [0.05, 0.1) is 5.92 Å². The maximum atomic E-state index is 11.3. The van der Waals surface area contributed by atoms with E-state index in [-0.39, 0.29) is 17.3 Å². The SMILES string of the molecule is CC.CC(=O)C(C)C(C)=O.CC(=O)c1ccc(C#Cc2ccc(CN3CCCC(C)(C)C3)cc2)cc1.CO. The van der Waals surface area contributed by atoms with Gasteiger partial charge in [0.25, 0.3) is 0 Å². The fourth-order valence-corrected chi connectivity index (χ4v) is 3.85. The molecular formula is C33H47NO4. The molecule has 38 heavy (non-hydrogen) atoms. The van der Waals surface area contributed by atoms with Gasteiger partial charge in [0.15, 0.2) is 5.78 Å². The molecule has 1 N–H and O–H groups in total. The largest absolute Gasteiger partial charge is 0.400 e. The van der Waals surface area contributed by atoms with Crippen molar-refractivity contribution in [3.8, 4) is 11.8 Å². The molecule has 208 valence electrons. The lowest BCUT2D eigenvalue weighted by Gasteiger charge is -2.38. The van der Waals surface area contributed by atoms with E-state index in [2.05, 4.69) is 54.9 Å². The van der Waals surface area contributed by atoms with Gasteiger partial charge in [-0.05, 0) is 82.3 Å². The van der Waals surface area contributed by atoms with Crippen LogP contribution < -0.4 is 0 Å². The van der Waals surface area contributed by atoms with Crippen molar-refractivity contribution in [3.05, 3.63) is 70.8 Å². The van der Waals surface area contributed by atoms with Gasteiger partial charge in [-0.1, -0.05) is 63.8 Å². The summed E-state index contributed by atoms with van der Waals surface area (Å²) >= 11 is 0. The maximum Gasteiger partial charge on any atom is 0.159 e. The van der Waals surface area contributed by atoms with Crippen LogP contribution in [-0.2, 0) is 16.1 Å². The minimum absolute atomic E-state index is 0.0579. The number of Topliss-reactive ketones (excluding diaryl/α,β-unsaturated/α-hetero) is 3. The molecule has 0 aliphatic carbocycles. The first-order chi connectivity index (χ1) is 18.0. The summed E-state index contributed by atoms with van der Waals surface area (Å²) in [5, 5.41) is 7.00. The molecule has 1 aliphatic heterocycles. The molecule has 1 heterocycles. The van der Waals surface area contributed by atoms with Crippen LogP contribution in [0.5, 0.6) is 0 Å². The fraction of sp³-hybridized carbons (Fsp3) is 0.485. The van der Waals surface area contributed by atoms with E-state index >= 15 is 0 Å². The Hall–Kier alpha value is -3.07. The van der Waals surface area contributed by atoms with Crippen LogP contribution in [0.25, 0.3) is 0 Å². The Morgan fingerprint density at radius 3 is 1.68 bits per heavy atom. The van der Waals surface area contributed by atoms with Crippen LogP contribution in [0, 0.1) is 23.2 Å². The zero-order chi connectivity index (χ0) is 29.3. The molecule has 5 nitrogen and oxygen atoms in total. The van der Waals surface area contributed by atoms with Gasteiger partial charge >= 0.3 is 0 Å². The van der Waals surface area contributed by atoms with Crippen molar-refractivity contribution < 1.29 is 19.5 Å². The van der Waals surface area contributed by atoms with Gasteiger partial charge in [-0.3, -0.25) is 19.3 Å². The van der Waals surface area contributed by atoms with Gasteiger partial charge in [0, 0.05) is 36.9 Å². The predicted octanol–water partition coefficient (Wildman–Crippen LogP) is 6.35. The zero-order valence-electron chi connectivity index (χ0n) is 24.9. The first-order valence-corrected chi connectivity index (χ1v) is 13.4. The number of likely N-dealkylation sites (tertiary alicyclic amines) is 1. The zero-order valence-corrected chi connectivity index (χ0v) is 24.9. The van der Waals surface area contributed by atoms with Gasteiger partial charge in [-0.15, -0.1) is 0 Å². The quantitative estimate of drug-likeness (QED) is 0.282. The summed E-state index contributed by atoms with van der Waals surface area (Å²) in [4.78, 5) is 34.6. The molecular weight excluding hydrogens is 474 g/mol. The molecule has 0 radical (unpaired) electrons. The highest BCUT2D eigenvalue weighted by molar-refractivity contribution is 5.99.